The molecular weight excluding hydrogens is 441 g/mol. The second-order valence-electron chi connectivity index (χ2n) is 8.14. The SMILES string of the molecule is CCNC(=NCC1CCCOC1C(C)(C)C)NCCC1=CCOCC1.I. The number of guanidine groups is 1. The predicted octanol–water partition coefficient (Wildman–Crippen LogP) is 3.74. The van der Waals surface area contributed by atoms with E-state index in [4.69, 9.17) is 14.5 Å². The van der Waals surface area contributed by atoms with Gasteiger partial charge < -0.3 is 20.1 Å². The van der Waals surface area contributed by atoms with Gasteiger partial charge >= 0.3 is 0 Å². The zero-order valence-corrected chi connectivity index (χ0v) is 19.3. The molecule has 0 aromatic rings. The van der Waals surface area contributed by atoms with E-state index in [1.165, 1.54) is 12.0 Å². The van der Waals surface area contributed by atoms with Crippen molar-refractivity contribution in [1.82, 2.24) is 10.6 Å². The molecule has 152 valence electrons. The van der Waals surface area contributed by atoms with E-state index in [0.29, 0.717) is 12.0 Å². The lowest BCUT2D eigenvalue weighted by Gasteiger charge is -2.39. The topological polar surface area (TPSA) is 54.9 Å². The number of nitrogens with one attached hydrogen (secondary N) is 2. The van der Waals surface area contributed by atoms with E-state index < -0.39 is 0 Å². The largest absolute Gasteiger partial charge is 0.377 e. The van der Waals surface area contributed by atoms with Crippen molar-refractivity contribution >= 4 is 29.9 Å². The Morgan fingerprint density at radius 3 is 2.73 bits per heavy atom. The van der Waals surface area contributed by atoms with E-state index in [1.807, 2.05) is 0 Å². The van der Waals surface area contributed by atoms with E-state index in [2.05, 4.69) is 44.4 Å². The average Bonchev–Trinajstić information content (AvgIpc) is 2.60. The molecule has 0 aliphatic carbocycles. The van der Waals surface area contributed by atoms with Crippen molar-refractivity contribution in [3.8, 4) is 0 Å². The maximum atomic E-state index is 6.08. The second-order valence-corrected chi connectivity index (χ2v) is 8.14. The summed E-state index contributed by atoms with van der Waals surface area (Å²) in [6.07, 6.45) is 6.97. The van der Waals surface area contributed by atoms with E-state index in [0.717, 1.165) is 64.7 Å². The molecule has 1 saturated heterocycles. The Kier molecular flexibility index (Phi) is 11.1. The summed E-state index contributed by atoms with van der Waals surface area (Å²) in [6.45, 7) is 14.1. The van der Waals surface area contributed by atoms with Gasteiger partial charge in [0.1, 0.15) is 0 Å². The molecule has 2 aliphatic rings. The molecule has 2 rings (SSSR count). The number of nitrogens with zero attached hydrogens (tertiary/aromatic N) is 1. The van der Waals surface area contributed by atoms with Crippen LogP contribution in [-0.4, -0.2) is 51.5 Å². The van der Waals surface area contributed by atoms with Crippen molar-refractivity contribution in [2.45, 2.75) is 59.5 Å². The van der Waals surface area contributed by atoms with Crippen molar-refractivity contribution < 1.29 is 9.47 Å². The first kappa shape index (κ1) is 23.7. The van der Waals surface area contributed by atoms with Gasteiger partial charge in [0.05, 0.1) is 19.3 Å². The molecule has 2 aliphatic heterocycles. The summed E-state index contributed by atoms with van der Waals surface area (Å²) in [7, 11) is 0. The number of halogens is 1. The summed E-state index contributed by atoms with van der Waals surface area (Å²) in [5.41, 5.74) is 1.66. The number of hydrogen-bond acceptors (Lipinski definition) is 3. The molecule has 1 fully saturated rings. The molecule has 6 heteroatoms. The smallest absolute Gasteiger partial charge is 0.191 e. The Balaban J connectivity index is 0.00000338. The van der Waals surface area contributed by atoms with Crippen LogP contribution in [0.2, 0.25) is 0 Å². The van der Waals surface area contributed by atoms with Crippen LogP contribution in [0.4, 0.5) is 0 Å². The lowest BCUT2D eigenvalue weighted by molar-refractivity contribution is -0.0823. The van der Waals surface area contributed by atoms with Crippen molar-refractivity contribution in [3.05, 3.63) is 11.6 Å². The van der Waals surface area contributed by atoms with E-state index in [-0.39, 0.29) is 29.4 Å². The summed E-state index contributed by atoms with van der Waals surface area (Å²) in [5.74, 6) is 1.43. The van der Waals surface area contributed by atoms with Gasteiger partial charge in [-0.25, -0.2) is 0 Å². The molecule has 5 nitrogen and oxygen atoms in total. The van der Waals surface area contributed by atoms with Gasteiger partial charge in [-0.05, 0) is 38.0 Å². The molecule has 0 amide bonds. The second kappa shape index (κ2) is 12.2. The van der Waals surface area contributed by atoms with Gasteiger partial charge in [-0.3, -0.25) is 4.99 Å². The molecule has 0 aromatic heterocycles. The molecule has 2 heterocycles. The van der Waals surface area contributed by atoms with E-state index in [9.17, 15) is 0 Å². The number of rotatable bonds is 6. The predicted molar refractivity (Wildman–Crippen MR) is 119 cm³/mol. The highest BCUT2D eigenvalue weighted by atomic mass is 127. The lowest BCUT2D eigenvalue weighted by atomic mass is 9.78. The maximum Gasteiger partial charge on any atom is 0.191 e. The first-order chi connectivity index (χ1) is 12.0. The number of ether oxygens (including phenoxy) is 2. The standard InChI is InChI=1S/C20H37N3O2.HI/c1-5-21-19(22-11-8-16-9-13-24-14-10-16)23-15-17-7-6-12-25-18(17)20(2,3)4;/h9,17-18H,5-8,10-15H2,1-4H3,(H2,21,22,23);1H. The summed E-state index contributed by atoms with van der Waals surface area (Å²) in [5, 5.41) is 6.84. The highest BCUT2D eigenvalue weighted by Crippen LogP contribution is 2.34. The fourth-order valence-corrected chi connectivity index (χ4v) is 3.67. The third-order valence-corrected chi connectivity index (χ3v) is 4.92. The van der Waals surface area contributed by atoms with Gasteiger partial charge in [0, 0.05) is 32.2 Å². The zero-order valence-electron chi connectivity index (χ0n) is 17.0. The van der Waals surface area contributed by atoms with Crippen molar-refractivity contribution in [2.75, 3.05) is 39.5 Å². The molecular formula is C20H38IN3O2. The first-order valence-corrected chi connectivity index (χ1v) is 9.90. The first-order valence-electron chi connectivity index (χ1n) is 9.90. The molecule has 26 heavy (non-hydrogen) atoms. The van der Waals surface area contributed by atoms with Crippen LogP contribution in [0.15, 0.2) is 16.6 Å². The Labute approximate surface area is 176 Å². The normalized spacial score (nSPS) is 24.5. The third-order valence-electron chi connectivity index (χ3n) is 4.92. The van der Waals surface area contributed by atoms with Crippen LogP contribution < -0.4 is 10.6 Å². The monoisotopic (exact) mass is 479 g/mol. The van der Waals surface area contributed by atoms with Crippen molar-refractivity contribution in [2.24, 2.45) is 16.3 Å². The molecule has 0 spiro atoms. The highest BCUT2D eigenvalue weighted by Gasteiger charge is 2.35. The molecule has 0 bridgehead atoms. The van der Waals surface area contributed by atoms with Crippen LogP contribution in [0.25, 0.3) is 0 Å². The Morgan fingerprint density at radius 1 is 1.27 bits per heavy atom. The van der Waals surface area contributed by atoms with Crippen LogP contribution in [-0.2, 0) is 9.47 Å². The van der Waals surface area contributed by atoms with Crippen LogP contribution in [0.3, 0.4) is 0 Å². The summed E-state index contributed by atoms with van der Waals surface area (Å²) in [4.78, 5) is 4.85. The van der Waals surface area contributed by atoms with Gasteiger partial charge in [-0.1, -0.05) is 32.4 Å². The maximum absolute atomic E-state index is 6.08. The molecule has 2 unspecified atom stereocenters. The summed E-state index contributed by atoms with van der Waals surface area (Å²) in [6, 6.07) is 0. The summed E-state index contributed by atoms with van der Waals surface area (Å²) < 4.78 is 11.4. The minimum absolute atomic E-state index is 0. The fourth-order valence-electron chi connectivity index (χ4n) is 3.67. The van der Waals surface area contributed by atoms with Crippen LogP contribution in [0, 0.1) is 11.3 Å². The van der Waals surface area contributed by atoms with Gasteiger partial charge in [0.15, 0.2) is 5.96 Å². The van der Waals surface area contributed by atoms with Gasteiger partial charge in [-0.2, -0.15) is 0 Å². The van der Waals surface area contributed by atoms with Gasteiger partial charge in [0.25, 0.3) is 0 Å². The van der Waals surface area contributed by atoms with E-state index >= 15 is 0 Å². The lowest BCUT2D eigenvalue weighted by Crippen LogP contribution is -2.43. The zero-order chi connectivity index (χ0) is 18.1. The quantitative estimate of drug-likeness (QED) is 0.264. The summed E-state index contributed by atoms with van der Waals surface area (Å²) >= 11 is 0. The average molecular weight is 479 g/mol. The molecule has 0 saturated carbocycles. The third kappa shape index (κ3) is 8.13. The molecule has 2 atom stereocenters. The Morgan fingerprint density at radius 2 is 2.08 bits per heavy atom. The molecule has 0 aromatic carbocycles. The van der Waals surface area contributed by atoms with Gasteiger partial charge in [-0.15, -0.1) is 24.0 Å². The number of hydrogen-bond donors (Lipinski definition) is 2. The van der Waals surface area contributed by atoms with Crippen molar-refractivity contribution in [1.29, 1.82) is 0 Å². The van der Waals surface area contributed by atoms with Crippen LogP contribution >= 0.6 is 24.0 Å². The minimum atomic E-state index is 0. The minimum Gasteiger partial charge on any atom is -0.377 e. The van der Waals surface area contributed by atoms with E-state index in [1.54, 1.807) is 0 Å². The van der Waals surface area contributed by atoms with Crippen LogP contribution in [0.5, 0.6) is 0 Å². The molecule has 2 N–H and O–H groups in total. The number of aliphatic imine (C=N–C) groups is 1. The highest BCUT2D eigenvalue weighted by molar-refractivity contribution is 14.0. The van der Waals surface area contributed by atoms with Crippen molar-refractivity contribution in [3.63, 3.8) is 0 Å². The fraction of sp³-hybridized carbons (Fsp3) is 0.850. The van der Waals surface area contributed by atoms with Crippen LogP contribution in [0.1, 0.15) is 53.4 Å². The molecule has 0 radical (unpaired) electrons. The Bertz CT molecular complexity index is 460. The van der Waals surface area contributed by atoms with Gasteiger partial charge in [0.2, 0.25) is 0 Å². The Hall–Kier alpha value is -0.340.